The van der Waals surface area contributed by atoms with Crippen LogP contribution >= 0.6 is 0 Å². The zero-order chi connectivity index (χ0) is 21.2. The van der Waals surface area contributed by atoms with Gasteiger partial charge in [-0.05, 0) is 67.5 Å². The van der Waals surface area contributed by atoms with Crippen LogP contribution in [-0.4, -0.2) is 56.3 Å². The molecule has 1 saturated heterocycles. The first-order valence-electron chi connectivity index (χ1n) is 11.5. The minimum Gasteiger partial charge on any atom is -0.497 e. The van der Waals surface area contributed by atoms with E-state index in [1.807, 2.05) is 12.1 Å². The molecule has 0 atom stereocenters. The number of H-pyrrole nitrogens is 1. The van der Waals surface area contributed by atoms with Crippen molar-refractivity contribution in [2.45, 2.75) is 37.6 Å². The Labute approximate surface area is 184 Å². The lowest BCUT2D eigenvalue weighted by Crippen LogP contribution is -2.51. The van der Waals surface area contributed by atoms with Crippen LogP contribution in [0.15, 0.2) is 48.7 Å². The molecule has 3 aromatic rings. The Morgan fingerprint density at radius 1 is 0.871 bits per heavy atom. The molecule has 5 nitrogen and oxygen atoms in total. The molecule has 2 heterocycles. The van der Waals surface area contributed by atoms with Crippen LogP contribution in [0.5, 0.6) is 11.5 Å². The Kier molecular flexibility index (Phi) is 5.77. The van der Waals surface area contributed by atoms with E-state index in [2.05, 4.69) is 51.3 Å². The second-order valence-electron chi connectivity index (χ2n) is 8.86. The molecular formula is C26H33N3O2. The quantitative estimate of drug-likeness (QED) is 0.629. The Morgan fingerprint density at radius 2 is 1.65 bits per heavy atom. The van der Waals surface area contributed by atoms with Gasteiger partial charge in [0.05, 0.1) is 19.9 Å². The van der Waals surface area contributed by atoms with Gasteiger partial charge >= 0.3 is 0 Å². The number of aromatic amines is 1. The van der Waals surface area contributed by atoms with Crippen LogP contribution in [0.4, 0.5) is 5.69 Å². The summed E-state index contributed by atoms with van der Waals surface area (Å²) >= 11 is 0. The zero-order valence-electron chi connectivity index (χ0n) is 18.6. The molecular weight excluding hydrogens is 386 g/mol. The number of benzene rings is 2. The van der Waals surface area contributed by atoms with Gasteiger partial charge in [0.1, 0.15) is 11.5 Å². The predicted octanol–water partition coefficient (Wildman–Crippen LogP) is 5.03. The van der Waals surface area contributed by atoms with Crippen LogP contribution in [0.3, 0.4) is 0 Å². The lowest BCUT2D eigenvalue weighted by Gasteiger charge is -2.42. The highest BCUT2D eigenvalue weighted by atomic mass is 16.5. The third-order valence-electron chi connectivity index (χ3n) is 7.31. The minimum absolute atomic E-state index is 0.645. The normalized spacial score (nSPS) is 22.6. The molecule has 5 heteroatoms. The number of methoxy groups -OCH3 is 2. The highest BCUT2D eigenvalue weighted by Crippen LogP contribution is 2.39. The fourth-order valence-electron chi connectivity index (χ4n) is 5.56. The van der Waals surface area contributed by atoms with Crippen molar-refractivity contribution in [1.82, 2.24) is 9.88 Å². The Bertz CT molecular complexity index is 1010. The van der Waals surface area contributed by atoms with Crippen molar-refractivity contribution in [2.75, 3.05) is 45.3 Å². The van der Waals surface area contributed by atoms with E-state index in [9.17, 15) is 0 Å². The summed E-state index contributed by atoms with van der Waals surface area (Å²) in [5.74, 6) is 2.56. The Balaban J connectivity index is 1.19. The number of para-hydroxylation sites is 2. The van der Waals surface area contributed by atoms with Gasteiger partial charge in [-0.1, -0.05) is 12.1 Å². The molecule has 2 aromatic carbocycles. The van der Waals surface area contributed by atoms with Gasteiger partial charge in [0, 0.05) is 49.3 Å². The van der Waals surface area contributed by atoms with E-state index in [4.69, 9.17) is 9.47 Å². The molecule has 1 saturated carbocycles. The number of hydrogen-bond donors (Lipinski definition) is 1. The first kappa shape index (κ1) is 20.3. The second kappa shape index (κ2) is 8.83. The smallest absolute Gasteiger partial charge is 0.142 e. The van der Waals surface area contributed by atoms with Crippen LogP contribution < -0.4 is 14.4 Å². The van der Waals surface area contributed by atoms with Crippen molar-refractivity contribution < 1.29 is 9.47 Å². The molecule has 1 aliphatic heterocycles. The molecule has 1 aliphatic carbocycles. The number of aromatic nitrogens is 1. The zero-order valence-corrected chi connectivity index (χ0v) is 18.6. The minimum atomic E-state index is 0.645. The average molecular weight is 420 g/mol. The van der Waals surface area contributed by atoms with Crippen molar-refractivity contribution in [2.24, 2.45) is 0 Å². The third-order valence-corrected chi connectivity index (χ3v) is 7.31. The third kappa shape index (κ3) is 3.99. The SMILES string of the molecule is COc1ccc2[nH]cc(C3CCC(N4CCN(c5ccccc5OC)CC4)CC3)c2c1. The number of hydrogen-bond acceptors (Lipinski definition) is 4. The summed E-state index contributed by atoms with van der Waals surface area (Å²) in [7, 11) is 3.50. The molecule has 0 bridgehead atoms. The maximum absolute atomic E-state index is 5.57. The van der Waals surface area contributed by atoms with Crippen LogP contribution in [-0.2, 0) is 0 Å². The molecule has 164 valence electrons. The van der Waals surface area contributed by atoms with Crippen molar-refractivity contribution in [3.8, 4) is 11.5 Å². The lowest BCUT2D eigenvalue weighted by molar-refractivity contribution is 0.141. The number of nitrogens with zero attached hydrogens (tertiary/aromatic N) is 2. The van der Waals surface area contributed by atoms with E-state index in [0.29, 0.717) is 5.92 Å². The number of fused-ring (bicyclic) bond motifs is 1. The highest BCUT2D eigenvalue weighted by molar-refractivity contribution is 5.85. The van der Waals surface area contributed by atoms with E-state index in [0.717, 1.165) is 43.7 Å². The second-order valence-corrected chi connectivity index (χ2v) is 8.86. The topological polar surface area (TPSA) is 40.7 Å². The summed E-state index contributed by atoms with van der Waals surface area (Å²) in [4.78, 5) is 8.65. The van der Waals surface area contributed by atoms with E-state index in [1.165, 1.54) is 47.8 Å². The van der Waals surface area contributed by atoms with Crippen molar-refractivity contribution in [1.29, 1.82) is 0 Å². The largest absolute Gasteiger partial charge is 0.497 e. The fourth-order valence-corrected chi connectivity index (χ4v) is 5.56. The van der Waals surface area contributed by atoms with E-state index < -0.39 is 0 Å². The first-order chi connectivity index (χ1) is 15.3. The maximum Gasteiger partial charge on any atom is 0.142 e. The fraction of sp³-hybridized carbons (Fsp3) is 0.462. The number of ether oxygens (including phenoxy) is 2. The van der Waals surface area contributed by atoms with Gasteiger partial charge in [-0.15, -0.1) is 0 Å². The summed E-state index contributed by atoms with van der Waals surface area (Å²) in [5, 5.41) is 1.33. The summed E-state index contributed by atoms with van der Waals surface area (Å²) in [6.07, 6.45) is 7.33. The molecule has 0 unspecified atom stereocenters. The van der Waals surface area contributed by atoms with Crippen LogP contribution in [0.1, 0.15) is 37.2 Å². The van der Waals surface area contributed by atoms with E-state index in [1.54, 1.807) is 14.2 Å². The van der Waals surface area contributed by atoms with Gasteiger partial charge in [0.2, 0.25) is 0 Å². The molecule has 31 heavy (non-hydrogen) atoms. The molecule has 2 fully saturated rings. The standard InChI is InChI=1S/C26H33N3O2/c1-30-21-11-12-24-22(17-21)23(18-27-24)19-7-9-20(10-8-19)28-13-15-29(16-14-28)25-5-3-4-6-26(25)31-2/h3-6,11-12,17-20,27H,7-10,13-16H2,1-2H3. The van der Waals surface area contributed by atoms with Gasteiger partial charge in [-0.25, -0.2) is 0 Å². The number of anilines is 1. The van der Waals surface area contributed by atoms with Crippen LogP contribution in [0.25, 0.3) is 10.9 Å². The maximum atomic E-state index is 5.57. The van der Waals surface area contributed by atoms with E-state index in [-0.39, 0.29) is 0 Å². The van der Waals surface area contributed by atoms with Gasteiger partial charge in [-0.2, -0.15) is 0 Å². The molecule has 1 aromatic heterocycles. The van der Waals surface area contributed by atoms with Crippen molar-refractivity contribution in [3.63, 3.8) is 0 Å². The molecule has 0 amide bonds. The molecule has 2 aliphatic rings. The first-order valence-corrected chi connectivity index (χ1v) is 11.5. The van der Waals surface area contributed by atoms with Crippen LogP contribution in [0.2, 0.25) is 0 Å². The number of rotatable bonds is 5. The lowest BCUT2D eigenvalue weighted by atomic mass is 9.81. The molecule has 0 spiro atoms. The molecule has 5 rings (SSSR count). The molecule has 1 N–H and O–H groups in total. The number of piperazine rings is 1. The summed E-state index contributed by atoms with van der Waals surface area (Å²) in [6, 6.07) is 15.4. The van der Waals surface area contributed by atoms with Gasteiger partial charge in [0.15, 0.2) is 0 Å². The average Bonchev–Trinajstić information content (AvgIpc) is 3.27. The van der Waals surface area contributed by atoms with Gasteiger partial charge < -0.3 is 19.4 Å². The van der Waals surface area contributed by atoms with Gasteiger partial charge in [0.25, 0.3) is 0 Å². The van der Waals surface area contributed by atoms with Gasteiger partial charge in [-0.3, -0.25) is 4.90 Å². The predicted molar refractivity (Wildman–Crippen MR) is 127 cm³/mol. The van der Waals surface area contributed by atoms with E-state index >= 15 is 0 Å². The molecule has 0 radical (unpaired) electrons. The van der Waals surface area contributed by atoms with Crippen molar-refractivity contribution in [3.05, 3.63) is 54.2 Å². The summed E-state index contributed by atoms with van der Waals surface area (Å²) in [6.45, 7) is 4.42. The summed E-state index contributed by atoms with van der Waals surface area (Å²) in [5.41, 5.74) is 3.90. The monoisotopic (exact) mass is 419 g/mol. The highest BCUT2D eigenvalue weighted by Gasteiger charge is 2.30. The van der Waals surface area contributed by atoms with Crippen molar-refractivity contribution >= 4 is 16.6 Å². The summed E-state index contributed by atoms with van der Waals surface area (Å²) < 4.78 is 11.0. The Hall–Kier alpha value is -2.66. The Morgan fingerprint density at radius 3 is 2.39 bits per heavy atom. The van der Waals surface area contributed by atoms with Crippen LogP contribution in [0, 0.1) is 0 Å². The number of nitrogens with one attached hydrogen (secondary N) is 1.